The van der Waals surface area contributed by atoms with E-state index in [9.17, 15) is 8.78 Å². The van der Waals surface area contributed by atoms with Crippen molar-refractivity contribution in [3.8, 4) is 0 Å². The van der Waals surface area contributed by atoms with Gasteiger partial charge in [0.05, 0.1) is 5.69 Å². The van der Waals surface area contributed by atoms with Crippen LogP contribution in [-0.2, 0) is 6.42 Å². The van der Waals surface area contributed by atoms with E-state index in [-0.39, 0.29) is 5.69 Å². The Morgan fingerprint density at radius 2 is 1.89 bits per heavy atom. The zero-order valence-corrected chi connectivity index (χ0v) is 10.7. The number of halogens is 2. The average molecular weight is 265 g/mol. The van der Waals surface area contributed by atoms with E-state index in [0.29, 0.717) is 0 Å². The normalized spacial score (nSPS) is 10.4. The second-order valence-corrected chi connectivity index (χ2v) is 4.64. The van der Waals surface area contributed by atoms with E-state index in [1.165, 1.54) is 29.6 Å². The molecule has 0 aliphatic rings. The van der Waals surface area contributed by atoms with Crippen molar-refractivity contribution in [2.45, 2.75) is 18.2 Å². The Bertz CT molecular complexity index is 543. The third-order valence-electron chi connectivity index (χ3n) is 2.56. The van der Waals surface area contributed by atoms with Crippen molar-refractivity contribution >= 4 is 17.6 Å². The number of nitrogens with one attached hydrogen (secondary N) is 1. The van der Waals surface area contributed by atoms with E-state index in [2.05, 4.69) is 11.6 Å². The lowest BCUT2D eigenvalue weighted by atomic mass is 10.2. The zero-order valence-electron chi connectivity index (χ0n) is 9.91. The average Bonchev–Trinajstić information content (AvgIpc) is 2.38. The molecule has 0 aromatic heterocycles. The number of hydrogen-bond donors (Lipinski definition) is 1. The van der Waals surface area contributed by atoms with Crippen LogP contribution in [0.5, 0.6) is 0 Å². The third-order valence-corrected chi connectivity index (χ3v) is 3.50. The fourth-order valence-electron chi connectivity index (χ4n) is 1.58. The van der Waals surface area contributed by atoms with Gasteiger partial charge in [0, 0.05) is 11.0 Å². The number of aryl methyl sites for hydroxylation is 1. The molecule has 0 saturated heterocycles. The Morgan fingerprint density at radius 1 is 1.11 bits per heavy atom. The largest absolute Gasteiger partial charge is 0.323 e. The van der Waals surface area contributed by atoms with Crippen molar-refractivity contribution in [2.75, 3.05) is 4.72 Å². The van der Waals surface area contributed by atoms with Gasteiger partial charge in [-0.2, -0.15) is 0 Å². The molecule has 2 aromatic carbocycles. The van der Waals surface area contributed by atoms with Crippen LogP contribution in [-0.4, -0.2) is 0 Å². The SMILES string of the molecule is CCc1ccccc1SNc1ccc(F)cc1F. The fraction of sp³-hybridized carbons (Fsp3) is 0.143. The van der Waals surface area contributed by atoms with Crippen molar-refractivity contribution < 1.29 is 8.78 Å². The van der Waals surface area contributed by atoms with E-state index in [1.54, 1.807) is 0 Å². The fourth-order valence-corrected chi connectivity index (χ4v) is 2.45. The molecule has 0 heterocycles. The van der Waals surface area contributed by atoms with Crippen LogP contribution < -0.4 is 4.72 Å². The molecule has 2 rings (SSSR count). The third kappa shape index (κ3) is 3.01. The quantitative estimate of drug-likeness (QED) is 0.808. The van der Waals surface area contributed by atoms with Gasteiger partial charge in [-0.3, -0.25) is 0 Å². The molecule has 94 valence electrons. The lowest BCUT2D eigenvalue weighted by molar-refractivity contribution is 0.586. The Morgan fingerprint density at radius 3 is 2.61 bits per heavy atom. The first-order valence-electron chi connectivity index (χ1n) is 5.66. The summed E-state index contributed by atoms with van der Waals surface area (Å²) in [6.07, 6.45) is 0.913. The molecule has 0 radical (unpaired) electrons. The molecule has 0 amide bonds. The molecule has 0 saturated carbocycles. The van der Waals surface area contributed by atoms with Gasteiger partial charge in [0.15, 0.2) is 0 Å². The highest BCUT2D eigenvalue weighted by atomic mass is 32.2. The highest BCUT2D eigenvalue weighted by molar-refractivity contribution is 8.00. The van der Waals surface area contributed by atoms with Crippen molar-refractivity contribution in [1.29, 1.82) is 0 Å². The van der Waals surface area contributed by atoms with Crippen LogP contribution in [0.25, 0.3) is 0 Å². The summed E-state index contributed by atoms with van der Waals surface area (Å²) >= 11 is 1.33. The molecule has 0 aliphatic heterocycles. The van der Waals surface area contributed by atoms with E-state index in [0.717, 1.165) is 17.4 Å². The van der Waals surface area contributed by atoms with Gasteiger partial charge < -0.3 is 4.72 Å². The summed E-state index contributed by atoms with van der Waals surface area (Å²) in [6, 6.07) is 11.4. The van der Waals surface area contributed by atoms with Crippen LogP contribution in [0.15, 0.2) is 47.4 Å². The van der Waals surface area contributed by atoms with Gasteiger partial charge in [-0.1, -0.05) is 25.1 Å². The standard InChI is InChI=1S/C14H13F2NS/c1-2-10-5-3-4-6-14(10)18-17-13-8-7-11(15)9-12(13)16/h3-9,17H,2H2,1H3. The summed E-state index contributed by atoms with van der Waals surface area (Å²) in [5.41, 5.74) is 1.48. The first-order valence-corrected chi connectivity index (χ1v) is 6.48. The lowest BCUT2D eigenvalue weighted by Crippen LogP contribution is -1.93. The summed E-state index contributed by atoms with van der Waals surface area (Å²) in [5.74, 6) is -1.16. The molecule has 18 heavy (non-hydrogen) atoms. The predicted octanol–water partition coefficient (Wildman–Crippen LogP) is 4.65. The zero-order chi connectivity index (χ0) is 13.0. The van der Waals surface area contributed by atoms with Gasteiger partial charge in [-0.25, -0.2) is 8.78 Å². The van der Waals surface area contributed by atoms with Gasteiger partial charge in [0.2, 0.25) is 0 Å². The van der Waals surface area contributed by atoms with E-state index in [1.807, 2.05) is 24.3 Å². The Kier molecular flexibility index (Phi) is 4.20. The maximum Gasteiger partial charge on any atom is 0.150 e. The number of anilines is 1. The molecule has 0 fully saturated rings. The van der Waals surface area contributed by atoms with Gasteiger partial charge in [-0.15, -0.1) is 0 Å². The molecule has 4 heteroatoms. The molecule has 1 nitrogen and oxygen atoms in total. The maximum atomic E-state index is 13.4. The summed E-state index contributed by atoms with van der Waals surface area (Å²) < 4.78 is 29.1. The smallest absolute Gasteiger partial charge is 0.150 e. The molecule has 0 aliphatic carbocycles. The molecule has 0 bridgehead atoms. The molecule has 0 atom stereocenters. The Labute approximate surface area is 109 Å². The van der Waals surface area contributed by atoms with Gasteiger partial charge in [0.1, 0.15) is 11.6 Å². The number of rotatable bonds is 4. The number of benzene rings is 2. The monoisotopic (exact) mass is 265 g/mol. The minimum absolute atomic E-state index is 0.285. The van der Waals surface area contributed by atoms with Crippen molar-refractivity contribution in [1.82, 2.24) is 0 Å². The predicted molar refractivity (Wildman–Crippen MR) is 71.7 cm³/mol. The van der Waals surface area contributed by atoms with Crippen molar-refractivity contribution in [2.24, 2.45) is 0 Å². The molecule has 0 unspecified atom stereocenters. The number of hydrogen-bond acceptors (Lipinski definition) is 2. The van der Waals surface area contributed by atoms with Crippen molar-refractivity contribution in [3.05, 3.63) is 59.7 Å². The summed E-state index contributed by atoms with van der Waals surface area (Å²) in [5, 5.41) is 0. The molecular formula is C14H13F2NS. The van der Waals surface area contributed by atoms with Crippen LogP contribution in [0, 0.1) is 11.6 Å². The molecular weight excluding hydrogens is 252 g/mol. The Hall–Kier alpha value is -1.55. The van der Waals surface area contributed by atoms with Crippen LogP contribution >= 0.6 is 11.9 Å². The molecule has 1 N–H and O–H groups in total. The highest BCUT2D eigenvalue weighted by Crippen LogP contribution is 2.26. The van der Waals surface area contributed by atoms with E-state index in [4.69, 9.17) is 0 Å². The minimum atomic E-state index is -0.587. The van der Waals surface area contributed by atoms with Gasteiger partial charge >= 0.3 is 0 Å². The molecule has 2 aromatic rings. The van der Waals surface area contributed by atoms with E-state index >= 15 is 0 Å². The van der Waals surface area contributed by atoms with Crippen LogP contribution in [0.3, 0.4) is 0 Å². The second kappa shape index (κ2) is 5.87. The first kappa shape index (κ1) is 12.9. The van der Waals surface area contributed by atoms with Crippen LogP contribution in [0.4, 0.5) is 14.5 Å². The minimum Gasteiger partial charge on any atom is -0.323 e. The molecule has 0 spiro atoms. The summed E-state index contributed by atoms with van der Waals surface area (Å²) in [7, 11) is 0. The topological polar surface area (TPSA) is 12.0 Å². The second-order valence-electron chi connectivity index (χ2n) is 3.79. The lowest BCUT2D eigenvalue weighted by Gasteiger charge is -2.09. The maximum absolute atomic E-state index is 13.4. The van der Waals surface area contributed by atoms with E-state index < -0.39 is 11.6 Å². The van der Waals surface area contributed by atoms with Gasteiger partial charge in [0.25, 0.3) is 0 Å². The van der Waals surface area contributed by atoms with Crippen LogP contribution in [0.1, 0.15) is 12.5 Å². The summed E-state index contributed by atoms with van der Waals surface area (Å²) in [6.45, 7) is 2.07. The van der Waals surface area contributed by atoms with Crippen molar-refractivity contribution in [3.63, 3.8) is 0 Å². The van der Waals surface area contributed by atoms with Gasteiger partial charge in [-0.05, 0) is 42.1 Å². The summed E-state index contributed by atoms with van der Waals surface area (Å²) in [4.78, 5) is 1.05. The van der Waals surface area contributed by atoms with Crippen LogP contribution in [0.2, 0.25) is 0 Å². The highest BCUT2D eigenvalue weighted by Gasteiger charge is 2.05. The first-order chi connectivity index (χ1) is 8.70. The Balaban J connectivity index is 2.11.